The third-order valence-electron chi connectivity index (χ3n) is 2.37. The second-order valence-electron chi connectivity index (χ2n) is 3.57. The van der Waals surface area contributed by atoms with Crippen LogP contribution in [-0.2, 0) is 0 Å². The lowest BCUT2D eigenvalue weighted by Gasteiger charge is -2.06. The largest absolute Gasteiger partial charge is 0.399 e. The molecule has 1 aromatic carbocycles. The minimum absolute atomic E-state index is 0.631. The van der Waals surface area contributed by atoms with Gasteiger partial charge in [-0.1, -0.05) is 6.07 Å². The van der Waals surface area contributed by atoms with Crippen LogP contribution in [0.25, 0.3) is 11.2 Å². The van der Waals surface area contributed by atoms with Crippen molar-refractivity contribution in [3.8, 4) is 0 Å². The van der Waals surface area contributed by atoms with E-state index < -0.39 is 0 Å². The second-order valence-corrected chi connectivity index (χ2v) is 3.57. The van der Waals surface area contributed by atoms with Crippen LogP contribution in [-0.4, -0.2) is 19.9 Å². The number of imidazole rings is 1. The van der Waals surface area contributed by atoms with Crippen molar-refractivity contribution in [3.05, 3.63) is 36.9 Å². The maximum atomic E-state index is 5.71. The Hall–Kier alpha value is -2.63. The molecule has 6 nitrogen and oxygen atoms in total. The van der Waals surface area contributed by atoms with Crippen molar-refractivity contribution in [2.24, 2.45) is 0 Å². The zero-order valence-electron chi connectivity index (χ0n) is 8.88. The third-order valence-corrected chi connectivity index (χ3v) is 2.37. The van der Waals surface area contributed by atoms with E-state index in [0.717, 1.165) is 11.2 Å². The SMILES string of the molecule is Nc1cccc(Nc2ncnc3nc[nH]c23)c1. The summed E-state index contributed by atoms with van der Waals surface area (Å²) in [5.41, 5.74) is 8.69. The van der Waals surface area contributed by atoms with Gasteiger partial charge in [0.25, 0.3) is 0 Å². The first-order chi connectivity index (χ1) is 8.33. The molecule has 0 radical (unpaired) electrons. The van der Waals surface area contributed by atoms with Gasteiger partial charge in [0.2, 0.25) is 0 Å². The molecule has 84 valence electrons. The fourth-order valence-corrected chi connectivity index (χ4v) is 1.61. The standard InChI is InChI=1S/C11H10N6/c12-7-2-1-3-8(4-7)17-11-9-10(14-5-13-9)15-6-16-11/h1-6H,12H2,(H2,13,14,15,16,17). The second kappa shape index (κ2) is 3.75. The van der Waals surface area contributed by atoms with Crippen LogP contribution in [0.4, 0.5) is 17.2 Å². The summed E-state index contributed by atoms with van der Waals surface area (Å²) in [5.74, 6) is 0.679. The van der Waals surface area contributed by atoms with Crippen LogP contribution in [0.15, 0.2) is 36.9 Å². The Morgan fingerprint density at radius 3 is 3.00 bits per heavy atom. The summed E-state index contributed by atoms with van der Waals surface area (Å²) < 4.78 is 0. The summed E-state index contributed by atoms with van der Waals surface area (Å²) >= 11 is 0. The predicted octanol–water partition coefficient (Wildman–Crippen LogP) is 1.68. The number of nitrogens with zero attached hydrogens (tertiary/aromatic N) is 3. The number of aromatic nitrogens is 4. The number of hydrogen-bond acceptors (Lipinski definition) is 5. The average Bonchev–Trinajstić information content (AvgIpc) is 2.78. The molecule has 0 saturated carbocycles. The highest BCUT2D eigenvalue weighted by Crippen LogP contribution is 2.21. The van der Waals surface area contributed by atoms with Gasteiger partial charge in [-0.3, -0.25) is 0 Å². The molecule has 4 N–H and O–H groups in total. The molecule has 0 atom stereocenters. The first-order valence-electron chi connectivity index (χ1n) is 5.09. The molecular formula is C11H10N6. The third kappa shape index (κ3) is 1.76. The number of rotatable bonds is 2. The molecule has 0 aliphatic carbocycles. The monoisotopic (exact) mass is 226 g/mol. The van der Waals surface area contributed by atoms with Crippen LogP contribution >= 0.6 is 0 Å². The van der Waals surface area contributed by atoms with Crippen molar-refractivity contribution in [2.45, 2.75) is 0 Å². The van der Waals surface area contributed by atoms with Crippen molar-refractivity contribution < 1.29 is 0 Å². The topological polar surface area (TPSA) is 92.5 Å². The van der Waals surface area contributed by atoms with Crippen molar-refractivity contribution in [1.82, 2.24) is 19.9 Å². The van der Waals surface area contributed by atoms with Crippen LogP contribution in [0.5, 0.6) is 0 Å². The Balaban J connectivity index is 2.02. The highest BCUT2D eigenvalue weighted by Gasteiger charge is 2.05. The number of nitrogens with one attached hydrogen (secondary N) is 2. The first kappa shape index (κ1) is 9.59. The van der Waals surface area contributed by atoms with Crippen molar-refractivity contribution >= 4 is 28.4 Å². The Kier molecular flexibility index (Phi) is 2.11. The zero-order valence-corrected chi connectivity index (χ0v) is 8.88. The first-order valence-corrected chi connectivity index (χ1v) is 5.09. The number of nitrogens with two attached hydrogens (primary N) is 1. The molecule has 2 heterocycles. The highest BCUT2D eigenvalue weighted by molar-refractivity contribution is 5.84. The molecular weight excluding hydrogens is 216 g/mol. The van der Waals surface area contributed by atoms with E-state index in [0.29, 0.717) is 17.2 Å². The molecule has 2 aromatic heterocycles. The molecule has 17 heavy (non-hydrogen) atoms. The molecule has 0 aliphatic heterocycles. The Morgan fingerprint density at radius 2 is 2.12 bits per heavy atom. The van der Waals surface area contributed by atoms with Gasteiger partial charge >= 0.3 is 0 Å². The van der Waals surface area contributed by atoms with Gasteiger partial charge in [-0.05, 0) is 18.2 Å². The fraction of sp³-hybridized carbons (Fsp3) is 0. The van der Waals surface area contributed by atoms with Gasteiger partial charge in [0.15, 0.2) is 11.5 Å². The smallest absolute Gasteiger partial charge is 0.182 e. The number of H-pyrrole nitrogens is 1. The Bertz CT molecular complexity index is 660. The van der Waals surface area contributed by atoms with Gasteiger partial charge in [0, 0.05) is 11.4 Å². The van der Waals surface area contributed by atoms with Gasteiger partial charge in [-0.25, -0.2) is 15.0 Å². The molecule has 0 bridgehead atoms. The molecule has 6 heteroatoms. The van der Waals surface area contributed by atoms with E-state index >= 15 is 0 Å². The van der Waals surface area contributed by atoms with Crippen LogP contribution in [0.1, 0.15) is 0 Å². The fourth-order valence-electron chi connectivity index (χ4n) is 1.61. The summed E-state index contributed by atoms with van der Waals surface area (Å²) in [6, 6.07) is 7.46. The van der Waals surface area contributed by atoms with E-state index in [4.69, 9.17) is 5.73 Å². The number of nitrogen functional groups attached to an aromatic ring is 1. The minimum Gasteiger partial charge on any atom is -0.399 e. The number of aromatic amines is 1. The molecule has 0 aliphatic rings. The minimum atomic E-state index is 0.631. The van der Waals surface area contributed by atoms with Gasteiger partial charge in [-0.2, -0.15) is 0 Å². The number of benzene rings is 1. The van der Waals surface area contributed by atoms with E-state index in [1.807, 2.05) is 24.3 Å². The summed E-state index contributed by atoms with van der Waals surface area (Å²) in [4.78, 5) is 15.3. The van der Waals surface area contributed by atoms with Crippen molar-refractivity contribution in [2.75, 3.05) is 11.1 Å². The molecule has 0 amide bonds. The quantitative estimate of drug-likeness (QED) is 0.578. The van der Waals surface area contributed by atoms with E-state index in [2.05, 4.69) is 25.3 Å². The molecule has 0 saturated heterocycles. The van der Waals surface area contributed by atoms with Crippen molar-refractivity contribution in [1.29, 1.82) is 0 Å². The van der Waals surface area contributed by atoms with Crippen LogP contribution in [0, 0.1) is 0 Å². The number of hydrogen-bond donors (Lipinski definition) is 3. The van der Waals surface area contributed by atoms with Crippen LogP contribution < -0.4 is 11.1 Å². The Labute approximate surface area is 96.9 Å². The van der Waals surface area contributed by atoms with Gasteiger partial charge in [0.05, 0.1) is 6.33 Å². The summed E-state index contributed by atoms with van der Waals surface area (Å²) in [6.07, 6.45) is 3.06. The molecule has 3 rings (SSSR count). The number of anilines is 3. The number of fused-ring (bicyclic) bond motifs is 1. The van der Waals surface area contributed by atoms with E-state index in [1.54, 1.807) is 6.33 Å². The van der Waals surface area contributed by atoms with E-state index in [1.165, 1.54) is 6.33 Å². The highest BCUT2D eigenvalue weighted by atomic mass is 15.1. The molecule has 0 unspecified atom stereocenters. The lowest BCUT2D eigenvalue weighted by atomic mass is 10.3. The summed E-state index contributed by atoms with van der Waals surface area (Å²) in [6.45, 7) is 0. The van der Waals surface area contributed by atoms with E-state index in [9.17, 15) is 0 Å². The van der Waals surface area contributed by atoms with Crippen LogP contribution in [0.3, 0.4) is 0 Å². The lowest BCUT2D eigenvalue weighted by Crippen LogP contribution is -1.96. The van der Waals surface area contributed by atoms with Crippen LogP contribution in [0.2, 0.25) is 0 Å². The maximum Gasteiger partial charge on any atom is 0.182 e. The van der Waals surface area contributed by atoms with Crippen molar-refractivity contribution in [3.63, 3.8) is 0 Å². The normalized spacial score (nSPS) is 10.6. The maximum absolute atomic E-state index is 5.71. The zero-order chi connectivity index (χ0) is 11.7. The molecule has 0 fully saturated rings. The van der Waals surface area contributed by atoms with Gasteiger partial charge in [0.1, 0.15) is 11.8 Å². The Morgan fingerprint density at radius 1 is 1.18 bits per heavy atom. The summed E-state index contributed by atoms with van der Waals surface area (Å²) in [5, 5.41) is 3.17. The molecule has 0 spiro atoms. The summed E-state index contributed by atoms with van der Waals surface area (Å²) in [7, 11) is 0. The van der Waals surface area contributed by atoms with Gasteiger partial charge < -0.3 is 16.0 Å². The van der Waals surface area contributed by atoms with Gasteiger partial charge in [-0.15, -0.1) is 0 Å². The van der Waals surface area contributed by atoms with E-state index in [-0.39, 0.29) is 0 Å². The lowest BCUT2D eigenvalue weighted by molar-refractivity contribution is 1.20. The average molecular weight is 226 g/mol. The predicted molar refractivity (Wildman–Crippen MR) is 65.8 cm³/mol. The molecule has 3 aromatic rings.